The van der Waals surface area contributed by atoms with Gasteiger partial charge >= 0.3 is 0 Å². The molecule has 0 atom stereocenters. The van der Waals surface area contributed by atoms with Gasteiger partial charge in [0.15, 0.2) is 0 Å². The number of H-pyrrole nitrogens is 1. The van der Waals surface area contributed by atoms with E-state index >= 15 is 0 Å². The molecule has 126 valence electrons. The van der Waals surface area contributed by atoms with E-state index in [1.807, 2.05) is 26.2 Å². The summed E-state index contributed by atoms with van der Waals surface area (Å²) in [6.07, 6.45) is 4.95. The number of nitrogens with one attached hydrogen (secondary N) is 2. The fourth-order valence-electron chi connectivity index (χ4n) is 2.74. The van der Waals surface area contributed by atoms with E-state index in [1.165, 1.54) is 0 Å². The molecule has 5 nitrogen and oxygen atoms in total. The summed E-state index contributed by atoms with van der Waals surface area (Å²) in [7, 11) is 0. The van der Waals surface area contributed by atoms with E-state index in [4.69, 9.17) is 0 Å². The van der Waals surface area contributed by atoms with Crippen molar-refractivity contribution in [3.63, 3.8) is 0 Å². The zero-order chi connectivity index (χ0) is 16.9. The Morgan fingerprint density at radius 1 is 1.39 bits per heavy atom. The third-order valence-electron chi connectivity index (χ3n) is 3.85. The van der Waals surface area contributed by atoms with Gasteiger partial charge in [-0.1, -0.05) is 26.7 Å². The molecule has 0 fully saturated rings. The van der Waals surface area contributed by atoms with Crippen LogP contribution in [0.1, 0.15) is 55.0 Å². The normalized spacial score (nSPS) is 11.7. The van der Waals surface area contributed by atoms with Gasteiger partial charge in [-0.05, 0) is 25.8 Å². The second-order valence-corrected chi connectivity index (χ2v) is 7.02. The molecule has 1 amide bonds. The van der Waals surface area contributed by atoms with Gasteiger partial charge in [0.2, 0.25) is 0 Å². The van der Waals surface area contributed by atoms with Crippen LogP contribution in [-0.2, 0) is 0 Å². The van der Waals surface area contributed by atoms with Crippen molar-refractivity contribution in [2.24, 2.45) is 0 Å². The van der Waals surface area contributed by atoms with Crippen LogP contribution in [0.3, 0.4) is 0 Å². The Kier molecular flexibility index (Phi) is 5.96. The van der Waals surface area contributed by atoms with Gasteiger partial charge < -0.3 is 15.4 Å². The van der Waals surface area contributed by atoms with Crippen LogP contribution in [0.15, 0.2) is 17.6 Å². The summed E-state index contributed by atoms with van der Waals surface area (Å²) in [5.41, 5.74) is 1.44. The monoisotopic (exact) mass is 335 g/mol. The SMILES string of the molecule is CCCC(O)(CCC)CNC(=O)c1cc(-c2csc(C)n2)c[nH]1. The molecule has 0 aromatic carbocycles. The summed E-state index contributed by atoms with van der Waals surface area (Å²) < 4.78 is 0. The Morgan fingerprint density at radius 3 is 2.65 bits per heavy atom. The van der Waals surface area contributed by atoms with Crippen molar-refractivity contribution in [3.05, 3.63) is 28.3 Å². The maximum Gasteiger partial charge on any atom is 0.267 e. The third-order valence-corrected chi connectivity index (χ3v) is 4.62. The molecule has 2 heterocycles. The van der Waals surface area contributed by atoms with Gasteiger partial charge in [-0.2, -0.15) is 0 Å². The first-order chi connectivity index (χ1) is 11.0. The maximum atomic E-state index is 12.3. The minimum absolute atomic E-state index is 0.200. The molecule has 0 radical (unpaired) electrons. The Labute approximate surface area is 141 Å². The molecular weight excluding hydrogens is 310 g/mol. The lowest BCUT2D eigenvalue weighted by Gasteiger charge is -2.27. The van der Waals surface area contributed by atoms with Crippen molar-refractivity contribution in [1.29, 1.82) is 0 Å². The first kappa shape index (κ1) is 17.7. The molecule has 0 aliphatic carbocycles. The first-order valence-electron chi connectivity index (χ1n) is 8.09. The number of aromatic nitrogens is 2. The summed E-state index contributed by atoms with van der Waals surface area (Å²) in [5, 5.41) is 16.4. The summed E-state index contributed by atoms with van der Waals surface area (Å²) >= 11 is 1.58. The number of amides is 1. The summed E-state index contributed by atoms with van der Waals surface area (Å²) in [6.45, 7) is 6.31. The summed E-state index contributed by atoms with van der Waals surface area (Å²) in [6, 6.07) is 1.79. The number of carbonyl (C=O) groups is 1. The predicted octanol–water partition coefficient (Wildman–Crippen LogP) is 3.51. The molecule has 0 unspecified atom stereocenters. The van der Waals surface area contributed by atoms with Crippen LogP contribution in [0.4, 0.5) is 0 Å². The second-order valence-electron chi connectivity index (χ2n) is 5.96. The van der Waals surface area contributed by atoms with Gasteiger partial charge in [0.05, 0.1) is 16.3 Å². The van der Waals surface area contributed by atoms with Gasteiger partial charge in [0.25, 0.3) is 5.91 Å². The molecule has 2 rings (SSSR count). The van der Waals surface area contributed by atoms with Crippen LogP contribution in [0.25, 0.3) is 11.3 Å². The maximum absolute atomic E-state index is 12.3. The quantitative estimate of drug-likeness (QED) is 0.691. The van der Waals surface area contributed by atoms with Crippen LogP contribution < -0.4 is 5.32 Å². The zero-order valence-corrected chi connectivity index (χ0v) is 14.8. The number of aromatic amines is 1. The number of rotatable bonds is 8. The highest BCUT2D eigenvalue weighted by atomic mass is 32.1. The standard InChI is InChI=1S/C17H25N3O2S/c1-4-6-17(22,7-5-2)11-19-16(21)14-8-13(9-18-14)15-10-23-12(3)20-15/h8-10,18,22H,4-7,11H2,1-3H3,(H,19,21). The minimum Gasteiger partial charge on any atom is -0.388 e. The number of nitrogens with zero attached hydrogens (tertiary/aromatic N) is 1. The number of aliphatic hydroxyl groups is 1. The van der Waals surface area contributed by atoms with E-state index in [9.17, 15) is 9.90 Å². The number of carbonyl (C=O) groups excluding carboxylic acids is 1. The molecule has 6 heteroatoms. The molecule has 0 aliphatic heterocycles. The molecule has 0 bridgehead atoms. The van der Waals surface area contributed by atoms with Crippen molar-refractivity contribution in [2.45, 2.75) is 52.1 Å². The Hall–Kier alpha value is -1.66. The van der Waals surface area contributed by atoms with Crippen molar-refractivity contribution in [1.82, 2.24) is 15.3 Å². The number of aryl methyl sites for hydroxylation is 1. The molecule has 0 spiro atoms. The van der Waals surface area contributed by atoms with E-state index in [-0.39, 0.29) is 12.5 Å². The van der Waals surface area contributed by atoms with Gasteiger partial charge in [-0.25, -0.2) is 4.98 Å². The second kappa shape index (κ2) is 7.75. The van der Waals surface area contributed by atoms with Crippen molar-refractivity contribution < 1.29 is 9.90 Å². The van der Waals surface area contributed by atoms with Crippen molar-refractivity contribution in [2.75, 3.05) is 6.54 Å². The highest BCUT2D eigenvalue weighted by Gasteiger charge is 2.25. The van der Waals surface area contributed by atoms with Gasteiger partial charge in [0.1, 0.15) is 5.69 Å². The van der Waals surface area contributed by atoms with Crippen LogP contribution >= 0.6 is 11.3 Å². The smallest absolute Gasteiger partial charge is 0.267 e. The molecule has 0 aliphatic rings. The van der Waals surface area contributed by atoms with Crippen LogP contribution in [0.5, 0.6) is 0 Å². The lowest BCUT2D eigenvalue weighted by molar-refractivity contribution is 0.0212. The van der Waals surface area contributed by atoms with Gasteiger partial charge in [-0.15, -0.1) is 11.3 Å². The average molecular weight is 335 g/mol. The Bertz CT molecular complexity index is 642. The molecule has 3 N–H and O–H groups in total. The van der Waals surface area contributed by atoms with Crippen LogP contribution in [0, 0.1) is 6.92 Å². The summed E-state index contributed by atoms with van der Waals surface area (Å²) in [4.78, 5) is 19.7. The predicted molar refractivity (Wildman–Crippen MR) is 93.7 cm³/mol. The highest BCUT2D eigenvalue weighted by Crippen LogP contribution is 2.22. The van der Waals surface area contributed by atoms with E-state index in [0.29, 0.717) is 18.5 Å². The first-order valence-corrected chi connectivity index (χ1v) is 8.97. The minimum atomic E-state index is -0.819. The van der Waals surface area contributed by atoms with Crippen molar-refractivity contribution in [3.8, 4) is 11.3 Å². The molecule has 0 saturated carbocycles. The molecular formula is C17H25N3O2S. The van der Waals surface area contributed by atoms with Crippen LogP contribution in [-0.4, -0.2) is 33.1 Å². The van der Waals surface area contributed by atoms with Crippen LogP contribution in [0.2, 0.25) is 0 Å². The molecule has 2 aromatic rings. The van der Waals surface area contributed by atoms with E-state index < -0.39 is 5.60 Å². The molecule has 0 saturated heterocycles. The number of hydrogen-bond acceptors (Lipinski definition) is 4. The average Bonchev–Trinajstić information content (AvgIpc) is 3.14. The summed E-state index contributed by atoms with van der Waals surface area (Å²) in [5.74, 6) is -0.200. The molecule has 2 aromatic heterocycles. The highest BCUT2D eigenvalue weighted by molar-refractivity contribution is 7.09. The third kappa shape index (κ3) is 4.65. The van der Waals surface area contributed by atoms with E-state index in [2.05, 4.69) is 15.3 Å². The Balaban J connectivity index is 1.99. The topological polar surface area (TPSA) is 78.0 Å². The fraction of sp³-hybridized carbons (Fsp3) is 0.529. The lowest BCUT2D eigenvalue weighted by atomic mass is 9.92. The molecule has 23 heavy (non-hydrogen) atoms. The van der Waals surface area contributed by atoms with Gasteiger partial charge in [-0.3, -0.25) is 4.79 Å². The largest absolute Gasteiger partial charge is 0.388 e. The zero-order valence-electron chi connectivity index (χ0n) is 14.0. The number of thiazole rings is 1. The van der Waals surface area contributed by atoms with Crippen molar-refractivity contribution >= 4 is 17.2 Å². The lowest BCUT2D eigenvalue weighted by Crippen LogP contribution is -2.42. The fourth-order valence-corrected chi connectivity index (χ4v) is 3.36. The van der Waals surface area contributed by atoms with Gasteiger partial charge in [0, 0.05) is 23.7 Å². The van der Waals surface area contributed by atoms with E-state index in [0.717, 1.165) is 29.1 Å². The Morgan fingerprint density at radius 2 is 2.09 bits per heavy atom. The van der Waals surface area contributed by atoms with E-state index in [1.54, 1.807) is 23.6 Å². The number of hydrogen-bond donors (Lipinski definition) is 3.